The van der Waals surface area contributed by atoms with Crippen LogP contribution in [0.15, 0.2) is 78.0 Å². The van der Waals surface area contributed by atoms with Crippen molar-refractivity contribution in [3.63, 3.8) is 0 Å². The number of hydrogen-bond acceptors (Lipinski definition) is 5. The monoisotopic (exact) mass is 458 g/mol. The first-order valence-electron chi connectivity index (χ1n) is 10.4. The number of nitrogens with zero attached hydrogens (tertiary/aromatic N) is 3. The van der Waals surface area contributed by atoms with E-state index in [2.05, 4.69) is 10.4 Å². The van der Waals surface area contributed by atoms with Crippen molar-refractivity contribution in [2.45, 2.75) is 6.92 Å². The molecule has 8 heteroatoms. The van der Waals surface area contributed by atoms with Crippen LogP contribution in [0.3, 0.4) is 0 Å². The Kier molecular flexibility index (Phi) is 6.85. The third kappa shape index (κ3) is 5.67. The zero-order chi connectivity index (χ0) is 23.2. The van der Waals surface area contributed by atoms with Crippen molar-refractivity contribution in [2.24, 2.45) is 0 Å². The van der Waals surface area contributed by atoms with Gasteiger partial charge >= 0.3 is 0 Å². The maximum absolute atomic E-state index is 12.6. The van der Waals surface area contributed by atoms with E-state index < -0.39 is 0 Å². The smallest absolute Gasteiger partial charge is 0.293 e. The first kappa shape index (κ1) is 22.3. The average molecular weight is 459 g/mol. The molecule has 0 bridgehead atoms. The van der Waals surface area contributed by atoms with E-state index in [1.54, 1.807) is 23.0 Å². The lowest BCUT2D eigenvalue weighted by molar-refractivity contribution is -0.123. The molecule has 166 valence electrons. The molecule has 33 heavy (non-hydrogen) atoms. The van der Waals surface area contributed by atoms with E-state index in [9.17, 15) is 14.4 Å². The number of thioether (sulfide) groups is 1. The molecule has 1 saturated heterocycles. The summed E-state index contributed by atoms with van der Waals surface area (Å²) in [5.41, 5.74) is 3.69. The molecule has 1 aliphatic heterocycles. The van der Waals surface area contributed by atoms with Gasteiger partial charge in [-0.1, -0.05) is 48.0 Å². The van der Waals surface area contributed by atoms with Gasteiger partial charge in [0.2, 0.25) is 5.91 Å². The highest BCUT2D eigenvalue weighted by Crippen LogP contribution is 2.31. The molecule has 2 aromatic carbocycles. The van der Waals surface area contributed by atoms with Crippen LogP contribution >= 0.6 is 11.8 Å². The second kappa shape index (κ2) is 10.1. The van der Waals surface area contributed by atoms with E-state index in [0.29, 0.717) is 4.91 Å². The summed E-state index contributed by atoms with van der Waals surface area (Å²) in [7, 11) is 0. The van der Waals surface area contributed by atoms with E-state index in [1.165, 1.54) is 6.08 Å². The van der Waals surface area contributed by atoms with Crippen LogP contribution in [-0.2, 0) is 9.59 Å². The van der Waals surface area contributed by atoms with Crippen molar-refractivity contribution in [3.05, 3.63) is 94.7 Å². The summed E-state index contributed by atoms with van der Waals surface area (Å²) in [6, 6.07) is 17.4. The molecular formula is C25H22N4O3S. The van der Waals surface area contributed by atoms with Gasteiger partial charge < -0.3 is 5.32 Å². The first-order chi connectivity index (χ1) is 16.0. The van der Waals surface area contributed by atoms with Crippen molar-refractivity contribution < 1.29 is 14.4 Å². The molecule has 0 spiro atoms. The number of aryl methyl sites for hydroxylation is 1. The molecule has 2 heterocycles. The molecule has 0 saturated carbocycles. The van der Waals surface area contributed by atoms with Gasteiger partial charge in [0.1, 0.15) is 0 Å². The van der Waals surface area contributed by atoms with Gasteiger partial charge in [-0.3, -0.25) is 19.3 Å². The lowest BCUT2D eigenvalue weighted by Gasteiger charge is -2.12. The molecular weight excluding hydrogens is 436 g/mol. The Bertz CT molecular complexity index is 1230. The predicted octanol–water partition coefficient (Wildman–Crippen LogP) is 4.05. The number of hydrogen-bond donors (Lipinski definition) is 1. The Morgan fingerprint density at radius 2 is 1.82 bits per heavy atom. The van der Waals surface area contributed by atoms with Crippen molar-refractivity contribution in [1.29, 1.82) is 0 Å². The molecule has 0 unspecified atom stereocenters. The van der Waals surface area contributed by atoms with Gasteiger partial charge in [0.25, 0.3) is 11.1 Å². The second-order valence-electron chi connectivity index (χ2n) is 7.42. The standard InChI is InChI=1S/C25H22N4O3S/c1-18-7-9-19(10-8-18)15-22-24(31)28(25(32)33-22)14-13-26-23(30)12-11-20-16-27-29(17-20)21-5-3-2-4-6-21/h2-12,15-17H,13-14H2,1H3,(H,26,30)/b12-11+,22-15-. The summed E-state index contributed by atoms with van der Waals surface area (Å²) in [5, 5.41) is 6.65. The Labute approximate surface area is 195 Å². The Hall–Kier alpha value is -3.91. The number of benzene rings is 2. The molecule has 0 atom stereocenters. The van der Waals surface area contributed by atoms with Gasteiger partial charge in [-0.2, -0.15) is 5.10 Å². The minimum Gasteiger partial charge on any atom is -0.351 e. The van der Waals surface area contributed by atoms with Crippen LogP contribution < -0.4 is 5.32 Å². The highest BCUT2D eigenvalue weighted by Gasteiger charge is 2.34. The molecule has 7 nitrogen and oxygen atoms in total. The van der Waals surface area contributed by atoms with E-state index in [1.807, 2.05) is 67.7 Å². The van der Waals surface area contributed by atoms with Crippen molar-refractivity contribution in [1.82, 2.24) is 20.0 Å². The molecule has 3 aromatic rings. The van der Waals surface area contributed by atoms with E-state index >= 15 is 0 Å². The molecule has 0 radical (unpaired) electrons. The molecule has 3 amide bonds. The van der Waals surface area contributed by atoms with Crippen LogP contribution in [0, 0.1) is 6.92 Å². The van der Waals surface area contributed by atoms with E-state index in [-0.39, 0.29) is 30.1 Å². The first-order valence-corrected chi connectivity index (χ1v) is 11.2. The van der Waals surface area contributed by atoms with Gasteiger partial charge in [-0.25, -0.2) is 4.68 Å². The van der Waals surface area contributed by atoms with Crippen LogP contribution in [0.2, 0.25) is 0 Å². The maximum Gasteiger partial charge on any atom is 0.293 e. The maximum atomic E-state index is 12.6. The fraction of sp³-hybridized carbons (Fsp3) is 0.120. The minimum atomic E-state index is -0.344. The second-order valence-corrected chi connectivity index (χ2v) is 8.42. The van der Waals surface area contributed by atoms with Gasteiger partial charge in [0.15, 0.2) is 0 Å². The number of para-hydroxylation sites is 1. The number of amides is 3. The van der Waals surface area contributed by atoms with Crippen molar-refractivity contribution in [3.8, 4) is 5.69 Å². The van der Waals surface area contributed by atoms with Gasteiger partial charge in [-0.15, -0.1) is 0 Å². The molecule has 1 aliphatic rings. The van der Waals surface area contributed by atoms with Gasteiger partial charge in [0.05, 0.1) is 16.8 Å². The summed E-state index contributed by atoms with van der Waals surface area (Å²) < 4.78 is 1.72. The number of imide groups is 1. The lowest BCUT2D eigenvalue weighted by Crippen LogP contribution is -2.36. The Balaban J connectivity index is 1.28. The third-order valence-electron chi connectivity index (χ3n) is 4.93. The number of rotatable bonds is 7. The summed E-state index contributed by atoms with van der Waals surface area (Å²) in [5.74, 6) is -0.659. The third-order valence-corrected chi connectivity index (χ3v) is 5.84. The normalized spacial score (nSPS) is 15.1. The summed E-state index contributed by atoms with van der Waals surface area (Å²) >= 11 is 0.910. The van der Waals surface area contributed by atoms with Gasteiger partial charge in [-0.05, 0) is 48.5 Å². The lowest BCUT2D eigenvalue weighted by atomic mass is 10.1. The fourth-order valence-electron chi connectivity index (χ4n) is 3.17. The zero-order valence-corrected chi connectivity index (χ0v) is 18.8. The summed E-state index contributed by atoms with van der Waals surface area (Å²) in [4.78, 5) is 38.5. The molecule has 1 fully saturated rings. The summed E-state index contributed by atoms with van der Waals surface area (Å²) in [6.45, 7) is 2.27. The highest BCUT2D eigenvalue weighted by atomic mass is 32.2. The van der Waals surface area contributed by atoms with Crippen LogP contribution in [0.4, 0.5) is 4.79 Å². The minimum absolute atomic E-state index is 0.113. The Morgan fingerprint density at radius 3 is 2.58 bits per heavy atom. The number of aromatic nitrogens is 2. The molecule has 1 N–H and O–H groups in total. The topological polar surface area (TPSA) is 84.3 Å². The predicted molar refractivity (Wildman–Crippen MR) is 129 cm³/mol. The van der Waals surface area contributed by atoms with E-state index in [0.717, 1.165) is 39.0 Å². The van der Waals surface area contributed by atoms with Crippen LogP contribution in [0.25, 0.3) is 17.8 Å². The quantitative estimate of drug-likeness (QED) is 0.540. The van der Waals surface area contributed by atoms with E-state index in [4.69, 9.17) is 0 Å². The van der Waals surface area contributed by atoms with Crippen molar-refractivity contribution >= 4 is 41.0 Å². The largest absolute Gasteiger partial charge is 0.351 e. The molecule has 1 aromatic heterocycles. The number of carbonyl (C=O) groups excluding carboxylic acids is 3. The molecule has 0 aliphatic carbocycles. The van der Waals surface area contributed by atoms with Crippen molar-refractivity contribution in [2.75, 3.05) is 13.1 Å². The SMILES string of the molecule is Cc1ccc(/C=C2\SC(=O)N(CCNC(=O)/C=C/c3cnn(-c4ccccc4)c3)C2=O)cc1. The van der Waals surface area contributed by atoms with Crippen LogP contribution in [0.5, 0.6) is 0 Å². The van der Waals surface area contributed by atoms with Crippen LogP contribution in [-0.4, -0.2) is 44.8 Å². The zero-order valence-electron chi connectivity index (χ0n) is 18.0. The number of carbonyl (C=O) groups is 3. The Morgan fingerprint density at radius 1 is 1.06 bits per heavy atom. The molecule has 4 rings (SSSR count). The summed E-state index contributed by atoms with van der Waals surface area (Å²) in [6.07, 6.45) is 8.25. The average Bonchev–Trinajstić information content (AvgIpc) is 3.40. The van der Waals surface area contributed by atoms with Gasteiger partial charge in [0, 0.05) is 30.9 Å². The number of nitrogens with one attached hydrogen (secondary N) is 1. The highest BCUT2D eigenvalue weighted by molar-refractivity contribution is 8.18. The fourth-order valence-corrected chi connectivity index (χ4v) is 4.04. The van der Waals surface area contributed by atoms with Crippen LogP contribution in [0.1, 0.15) is 16.7 Å².